The molecule has 0 aromatic heterocycles. The number of nitrogens with zero attached hydrogens (tertiary/aromatic N) is 1. The first-order valence-corrected chi connectivity index (χ1v) is 9.05. The molecule has 1 heterocycles. The summed E-state index contributed by atoms with van der Waals surface area (Å²) in [7, 11) is 0. The van der Waals surface area contributed by atoms with Crippen LogP contribution in [0.15, 0.2) is 60.7 Å². The Morgan fingerprint density at radius 3 is 2.15 bits per heavy atom. The fraction of sp³-hybridized carbons (Fsp3) is 0.381. The van der Waals surface area contributed by atoms with Crippen LogP contribution < -0.4 is 5.32 Å². The number of alkyl carbamates (subject to hydrolysis) is 1. The van der Waals surface area contributed by atoms with Crippen LogP contribution in [0.1, 0.15) is 24.0 Å². The second-order valence-corrected chi connectivity index (χ2v) is 6.89. The lowest BCUT2D eigenvalue weighted by molar-refractivity contribution is 0.0625. The number of likely N-dealkylation sites (tertiary alicyclic amines) is 1. The van der Waals surface area contributed by atoms with Crippen LogP contribution in [0.4, 0.5) is 4.79 Å². The maximum atomic E-state index is 12.2. The zero-order valence-electron chi connectivity index (χ0n) is 14.9. The van der Waals surface area contributed by atoms with Crippen molar-refractivity contribution in [2.24, 2.45) is 0 Å². The average molecular weight is 354 g/mol. The second-order valence-electron chi connectivity index (χ2n) is 6.89. The first-order chi connectivity index (χ1) is 12.7. The van der Waals surface area contributed by atoms with Gasteiger partial charge < -0.3 is 15.2 Å². The molecule has 3 rings (SSSR count). The van der Waals surface area contributed by atoms with Crippen LogP contribution in [0.2, 0.25) is 0 Å². The smallest absolute Gasteiger partial charge is 0.407 e. The molecule has 5 nitrogen and oxygen atoms in total. The van der Waals surface area contributed by atoms with Crippen LogP contribution >= 0.6 is 0 Å². The van der Waals surface area contributed by atoms with Crippen LogP contribution in [0, 0.1) is 0 Å². The summed E-state index contributed by atoms with van der Waals surface area (Å²) in [5.41, 5.74) is 1.62. The van der Waals surface area contributed by atoms with Gasteiger partial charge in [0.25, 0.3) is 0 Å². The summed E-state index contributed by atoms with van der Waals surface area (Å²) >= 11 is 0. The number of ether oxygens (including phenoxy) is 1. The summed E-state index contributed by atoms with van der Waals surface area (Å²) in [6, 6.07) is 19.9. The number of amides is 1. The summed E-state index contributed by atoms with van der Waals surface area (Å²) in [4.78, 5) is 14.5. The third-order valence-electron chi connectivity index (χ3n) is 4.94. The number of hydrogen-bond donors (Lipinski definition) is 2. The number of aliphatic hydroxyl groups is 1. The fourth-order valence-corrected chi connectivity index (χ4v) is 3.28. The van der Waals surface area contributed by atoms with Gasteiger partial charge in [0.1, 0.15) is 6.61 Å². The van der Waals surface area contributed by atoms with E-state index in [0.717, 1.165) is 25.2 Å². The van der Waals surface area contributed by atoms with Gasteiger partial charge in [-0.25, -0.2) is 4.79 Å². The monoisotopic (exact) mass is 354 g/mol. The molecule has 2 aromatic carbocycles. The number of aliphatic hydroxyl groups excluding tert-OH is 1. The summed E-state index contributed by atoms with van der Waals surface area (Å²) in [5, 5.41) is 12.8. The van der Waals surface area contributed by atoms with E-state index in [9.17, 15) is 9.90 Å². The standard InChI is InChI=1S/C21H26N2O3/c24-17-21(22-20(25)26-16-19-9-5-2-6-10-19)11-13-23(14-12-21)15-18-7-3-1-4-8-18/h1-10,24H,11-17H2,(H,22,25). The van der Waals surface area contributed by atoms with Gasteiger partial charge in [0, 0.05) is 19.6 Å². The lowest BCUT2D eigenvalue weighted by Crippen LogP contribution is -2.57. The molecule has 2 aromatic rings. The Morgan fingerprint density at radius 2 is 1.58 bits per heavy atom. The fourth-order valence-electron chi connectivity index (χ4n) is 3.28. The van der Waals surface area contributed by atoms with Crippen LogP contribution in [-0.4, -0.2) is 41.3 Å². The van der Waals surface area contributed by atoms with Gasteiger partial charge in [-0.1, -0.05) is 60.7 Å². The molecular weight excluding hydrogens is 328 g/mol. The number of piperidine rings is 1. The summed E-state index contributed by atoms with van der Waals surface area (Å²) in [6.07, 6.45) is 0.937. The molecule has 0 radical (unpaired) electrons. The van der Waals surface area contributed by atoms with Crippen molar-refractivity contribution in [1.29, 1.82) is 0 Å². The van der Waals surface area contributed by atoms with Crippen LogP contribution in [-0.2, 0) is 17.9 Å². The van der Waals surface area contributed by atoms with Gasteiger partial charge in [-0.15, -0.1) is 0 Å². The molecule has 26 heavy (non-hydrogen) atoms. The van der Waals surface area contributed by atoms with E-state index in [4.69, 9.17) is 4.74 Å². The van der Waals surface area contributed by atoms with E-state index in [1.165, 1.54) is 5.56 Å². The maximum absolute atomic E-state index is 12.2. The SMILES string of the molecule is O=C(NC1(CO)CCN(Cc2ccccc2)CC1)OCc1ccccc1. The predicted octanol–water partition coefficient (Wildman–Crippen LogP) is 2.94. The summed E-state index contributed by atoms with van der Waals surface area (Å²) in [5.74, 6) is 0. The molecule has 1 aliphatic rings. The van der Waals surface area contributed by atoms with Gasteiger partial charge in [0.05, 0.1) is 12.1 Å². The Labute approximate surface area is 154 Å². The van der Waals surface area contributed by atoms with Crippen molar-refractivity contribution in [3.05, 3.63) is 71.8 Å². The molecule has 0 unspecified atom stereocenters. The Bertz CT molecular complexity index is 683. The molecule has 138 valence electrons. The first-order valence-electron chi connectivity index (χ1n) is 9.05. The molecule has 0 spiro atoms. The Hall–Kier alpha value is -2.37. The highest BCUT2D eigenvalue weighted by molar-refractivity contribution is 5.68. The number of rotatable bonds is 6. The van der Waals surface area contributed by atoms with Crippen LogP contribution in [0.5, 0.6) is 0 Å². The van der Waals surface area contributed by atoms with Crippen molar-refractivity contribution in [2.45, 2.75) is 31.5 Å². The van der Waals surface area contributed by atoms with E-state index in [0.29, 0.717) is 12.8 Å². The number of hydrogen-bond acceptors (Lipinski definition) is 4. The number of nitrogens with one attached hydrogen (secondary N) is 1. The minimum Gasteiger partial charge on any atom is -0.445 e. The molecule has 0 aliphatic carbocycles. The number of benzene rings is 2. The molecule has 1 aliphatic heterocycles. The van der Waals surface area contributed by atoms with Crippen molar-refractivity contribution in [3.63, 3.8) is 0 Å². The van der Waals surface area contributed by atoms with Gasteiger partial charge in [-0.2, -0.15) is 0 Å². The maximum Gasteiger partial charge on any atom is 0.407 e. The third-order valence-corrected chi connectivity index (χ3v) is 4.94. The van der Waals surface area contributed by atoms with Crippen molar-refractivity contribution in [1.82, 2.24) is 10.2 Å². The van der Waals surface area contributed by atoms with Gasteiger partial charge in [-0.05, 0) is 24.0 Å². The van der Waals surface area contributed by atoms with E-state index in [-0.39, 0.29) is 13.2 Å². The number of carbonyl (C=O) groups excluding carboxylic acids is 1. The Kier molecular flexibility index (Phi) is 6.26. The van der Waals surface area contributed by atoms with Gasteiger partial charge in [0.15, 0.2) is 0 Å². The van der Waals surface area contributed by atoms with E-state index in [1.54, 1.807) is 0 Å². The van der Waals surface area contributed by atoms with Crippen LogP contribution in [0.25, 0.3) is 0 Å². The highest BCUT2D eigenvalue weighted by atomic mass is 16.5. The van der Waals surface area contributed by atoms with Crippen molar-refractivity contribution in [3.8, 4) is 0 Å². The first kappa shape index (κ1) is 18.4. The van der Waals surface area contributed by atoms with Crippen molar-refractivity contribution < 1.29 is 14.6 Å². The summed E-state index contributed by atoms with van der Waals surface area (Å²) < 4.78 is 5.31. The number of carbonyl (C=O) groups is 1. The lowest BCUT2D eigenvalue weighted by Gasteiger charge is -2.40. The zero-order valence-corrected chi connectivity index (χ0v) is 14.9. The minimum atomic E-state index is -0.596. The molecule has 2 N–H and O–H groups in total. The predicted molar refractivity (Wildman–Crippen MR) is 101 cm³/mol. The van der Waals surface area contributed by atoms with E-state index >= 15 is 0 Å². The highest BCUT2D eigenvalue weighted by Gasteiger charge is 2.36. The molecular formula is C21H26N2O3. The molecule has 1 fully saturated rings. The summed E-state index contributed by atoms with van der Waals surface area (Å²) in [6.45, 7) is 2.70. The molecule has 5 heteroatoms. The quantitative estimate of drug-likeness (QED) is 0.837. The molecule has 0 atom stereocenters. The highest BCUT2D eigenvalue weighted by Crippen LogP contribution is 2.23. The Morgan fingerprint density at radius 1 is 1.00 bits per heavy atom. The van der Waals surface area contributed by atoms with Crippen molar-refractivity contribution >= 4 is 6.09 Å². The molecule has 1 amide bonds. The minimum absolute atomic E-state index is 0.0768. The molecule has 0 bridgehead atoms. The van der Waals surface area contributed by atoms with Gasteiger partial charge >= 0.3 is 6.09 Å². The van der Waals surface area contributed by atoms with Gasteiger partial charge in [-0.3, -0.25) is 4.90 Å². The topological polar surface area (TPSA) is 61.8 Å². The lowest BCUT2D eigenvalue weighted by atomic mass is 9.88. The molecule has 1 saturated heterocycles. The third kappa shape index (κ3) is 5.07. The van der Waals surface area contributed by atoms with E-state index in [2.05, 4.69) is 22.3 Å². The van der Waals surface area contributed by atoms with E-state index in [1.807, 2.05) is 48.5 Å². The van der Waals surface area contributed by atoms with Crippen LogP contribution in [0.3, 0.4) is 0 Å². The van der Waals surface area contributed by atoms with E-state index < -0.39 is 11.6 Å². The zero-order chi connectivity index (χ0) is 18.2. The van der Waals surface area contributed by atoms with Gasteiger partial charge in [0.2, 0.25) is 0 Å². The molecule has 0 saturated carbocycles. The average Bonchev–Trinajstić information content (AvgIpc) is 2.70. The Balaban J connectivity index is 1.48. The van der Waals surface area contributed by atoms with Crippen molar-refractivity contribution in [2.75, 3.05) is 19.7 Å². The normalized spacial score (nSPS) is 16.8. The second kappa shape index (κ2) is 8.83. The largest absolute Gasteiger partial charge is 0.445 e.